The Morgan fingerprint density at radius 2 is 1.74 bits per heavy atom. The van der Waals surface area contributed by atoms with Gasteiger partial charge in [0, 0.05) is 0 Å². The molecule has 0 aliphatic heterocycles. The molecule has 0 aliphatic carbocycles. The number of nitrogens with zero attached hydrogens (tertiary/aromatic N) is 2. The average Bonchev–Trinajstić information content (AvgIpc) is 2.40. The highest BCUT2D eigenvalue weighted by atomic mass is 31.2. The zero-order valence-corrected chi connectivity index (χ0v) is 12.1. The summed E-state index contributed by atoms with van der Waals surface area (Å²) >= 11 is 0. The van der Waals surface area contributed by atoms with Crippen LogP contribution in [0, 0.1) is 0 Å². The van der Waals surface area contributed by atoms with Crippen molar-refractivity contribution >= 4 is 13.0 Å². The first kappa shape index (κ1) is 15.6. The van der Waals surface area contributed by atoms with Crippen molar-refractivity contribution in [3.8, 4) is 5.75 Å². The number of hydrogen-bond acceptors (Lipinski definition) is 4. The molecule has 6 nitrogen and oxygen atoms in total. The second kappa shape index (κ2) is 7.22. The summed E-state index contributed by atoms with van der Waals surface area (Å²) in [5, 5.41) is 0. The van der Waals surface area contributed by atoms with Gasteiger partial charge in [0.15, 0.2) is 0 Å². The summed E-state index contributed by atoms with van der Waals surface area (Å²) < 4.78 is 27.9. The van der Waals surface area contributed by atoms with E-state index in [4.69, 9.17) is 19.3 Å². The fraction of sp³-hybridized carbons (Fsp3) is 0.417. The predicted molar refractivity (Wildman–Crippen MR) is 71.6 cm³/mol. The molecule has 104 valence electrons. The third-order valence-corrected chi connectivity index (χ3v) is 4.36. The Morgan fingerprint density at radius 3 is 2.11 bits per heavy atom. The van der Waals surface area contributed by atoms with Crippen molar-refractivity contribution in [3.63, 3.8) is 0 Å². The molecule has 0 bridgehead atoms. The Labute approximate surface area is 112 Å². The molecule has 0 aliphatic rings. The summed E-state index contributed by atoms with van der Waals surface area (Å²) in [5.74, 6) is 0.642. The second-order valence-electron chi connectivity index (χ2n) is 3.49. The third kappa shape index (κ3) is 3.75. The van der Waals surface area contributed by atoms with Gasteiger partial charge in [-0.3, -0.25) is 0 Å². The molecule has 0 atom stereocenters. The zero-order chi connectivity index (χ0) is 14.3. The molecular weight excluding hydrogens is 267 g/mol. The second-order valence-corrected chi connectivity index (χ2v) is 5.42. The minimum Gasteiger partial charge on any atom is -0.497 e. The van der Waals surface area contributed by atoms with E-state index in [0.717, 1.165) is 0 Å². The molecule has 0 amide bonds. The predicted octanol–water partition coefficient (Wildman–Crippen LogP) is 2.94. The minimum absolute atomic E-state index is 0.112. The van der Waals surface area contributed by atoms with Gasteiger partial charge >= 0.3 is 13.0 Å². The molecule has 1 aromatic rings. The quantitative estimate of drug-likeness (QED) is 0.333. The van der Waals surface area contributed by atoms with Crippen LogP contribution in [0.4, 0.5) is 0 Å². The molecule has 0 radical (unpaired) electrons. The number of benzene rings is 1. The molecule has 1 rings (SSSR count). The molecule has 0 saturated heterocycles. The normalized spacial score (nSPS) is 10.9. The van der Waals surface area contributed by atoms with Crippen LogP contribution in [-0.4, -0.2) is 30.6 Å². The average molecular weight is 284 g/mol. The molecule has 7 heteroatoms. The highest BCUT2D eigenvalue weighted by Gasteiger charge is 2.40. The first-order valence-electron chi connectivity index (χ1n) is 5.87. The van der Waals surface area contributed by atoms with E-state index in [-0.39, 0.29) is 18.7 Å². The van der Waals surface area contributed by atoms with Crippen molar-refractivity contribution < 1.29 is 23.1 Å². The van der Waals surface area contributed by atoms with Crippen molar-refractivity contribution in [1.29, 1.82) is 0 Å². The Morgan fingerprint density at radius 1 is 1.21 bits per heavy atom. The van der Waals surface area contributed by atoms with E-state index in [0.29, 0.717) is 11.3 Å². The highest BCUT2D eigenvalue weighted by Crippen LogP contribution is 2.50. The van der Waals surface area contributed by atoms with Gasteiger partial charge in [-0.1, -0.05) is 0 Å². The van der Waals surface area contributed by atoms with Crippen LogP contribution in [0.25, 0.3) is 5.53 Å². The van der Waals surface area contributed by atoms with Gasteiger partial charge in [0.1, 0.15) is 5.75 Å². The van der Waals surface area contributed by atoms with Crippen LogP contribution in [0.3, 0.4) is 0 Å². The standard InChI is InChI=1S/C12H17N2O4P/c1-4-17-19(15,18-5-2)12(14-13)10-6-8-11(16-3)9-7-10/h6-9H,4-5H2,1-3H3. The lowest BCUT2D eigenvalue weighted by Crippen LogP contribution is -2.10. The van der Waals surface area contributed by atoms with Crippen molar-refractivity contribution in [2.45, 2.75) is 13.8 Å². The number of ether oxygens (including phenoxy) is 1. The van der Waals surface area contributed by atoms with Crippen molar-refractivity contribution in [2.75, 3.05) is 20.3 Å². The van der Waals surface area contributed by atoms with Crippen LogP contribution >= 0.6 is 7.60 Å². The van der Waals surface area contributed by atoms with E-state index in [1.54, 1.807) is 45.2 Å². The van der Waals surface area contributed by atoms with Gasteiger partial charge in [0.2, 0.25) is 0 Å². The fourth-order valence-corrected chi connectivity index (χ4v) is 3.08. The molecule has 1 aromatic carbocycles. The smallest absolute Gasteiger partial charge is 0.442 e. The highest BCUT2D eigenvalue weighted by molar-refractivity contribution is 7.72. The van der Waals surface area contributed by atoms with E-state index in [9.17, 15) is 4.57 Å². The van der Waals surface area contributed by atoms with Crippen LogP contribution < -0.4 is 4.74 Å². The maximum atomic E-state index is 12.5. The van der Waals surface area contributed by atoms with E-state index in [1.807, 2.05) is 0 Å². The van der Waals surface area contributed by atoms with Gasteiger partial charge in [0.25, 0.3) is 0 Å². The van der Waals surface area contributed by atoms with Crippen LogP contribution in [0.15, 0.2) is 24.3 Å². The van der Waals surface area contributed by atoms with E-state index >= 15 is 0 Å². The Kier molecular flexibility index (Phi) is 5.93. The maximum Gasteiger partial charge on any atom is 0.442 e. The van der Waals surface area contributed by atoms with Gasteiger partial charge in [-0.05, 0) is 38.1 Å². The van der Waals surface area contributed by atoms with Gasteiger partial charge in [-0.15, -0.1) is 0 Å². The van der Waals surface area contributed by atoms with Gasteiger partial charge in [-0.25, -0.2) is 4.57 Å². The number of methoxy groups -OCH3 is 1. The molecule has 0 saturated carbocycles. The monoisotopic (exact) mass is 284 g/mol. The number of hydrogen-bond donors (Lipinski definition) is 0. The molecule has 0 fully saturated rings. The molecule has 0 aromatic heterocycles. The first-order valence-corrected chi connectivity index (χ1v) is 7.41. The van der Waals surface area contributed by atoms with Gasteiger partial charge < -0.3 is 19.3 Å². The van der Waals surface area contributed by atoms with E-state index in [1.165, 1.54) is 0 Å². The minimum atomic E-state index is -3.62. The van der Waals surface area contributed by atoms with Crippen molar-refractivity contribution in [3.05, 3.63) is 35.4 Å². The molecular formula is C12H17N2O4P. The lowest BCUT2D eigenvalue weighted by atomic mass is 10.2. The first-order chi connectivity index (χ1) is 9.11. The molecule has 0 heterocycles. The summed E-state index contributed by atoms with van der Waals surface area (Å²) in [4.78, 5) is 3.09. The summed E-state index contributed by atoms with van der Waals surface area (Å²) in [7, 11) is -2.07. The Balaban J connectivity index is 3.17. The summed E-state index contributed by atoms with van der Waals surface area (Å²) in [5.41, 5.74) is 9.46. The van der Waals surface area contributed by atoms with E-state index in [2.05, 4.69) is 4.79 Å². The fourth-order valence-electron chi connectivity index (χ4n) is 1.51. The Hall–Kier alpha value is -1.45. The van der Waals surface area contributed by atoms with Gasteiger partial charge in [-0.2, -0.15) is 4.79 Å². The van der Waals surface area contributed by atoms with Crippen LogP contribution in [0.1, 0.15) is 19.4 Å². The summed E-state index contributed by atoms with van der Waals surface area (Å²) in [6, 6.07) is 6.59. The zero-order valence-electron chi connectivity index (χ0n) is 11.2. The van der Waals surface area contributed by atoms with Crippen LogP contribution in [0.2, 0.25) is 0 Å². The van der Waals surface area contributed by atoms with Crippen LogP contribution in [-0.2, 0) is 13.6 Å². The van der Waals surface area contributed by atoms with E-state index < -0.39 is 7.60 Å². The number of rotatable bonds is 7. The topological polar surface area (TPSA) is 81.2 Å². The summed E-state index contributed by atoms with van der Waals surface area (Å²) in [6.45, 7) is 3.75. The summed E-state index contributed by atoms with van der Waals surface area (Å²) in [6.07, 6.45) is 0. The maximum absolute atomic E-state index is 12.5. The molecule has 0 N–H and O–H groups in total. The molecule has 19 heavy (non-hydrogen) atoms. The lowest BCUT2D eigenvalue weighted by Gasteiger charge is -2.12. The SMILES string of the molecule is CCOP(=O)(OCC)C(=[N+]=[N-])c1ccc(OC)cc1. The largest absolute Gasteiger partial charge is 0.497 e. The molecule has 0 unspecified atom stereocenters. The molecule has 0 spiro atoms. The third-order valence-electron chi connectivity index (χ3n) is 2.30. The van der Waals surface area contributed by atoms with Gasteiger partial charge in [0.05, 0.1) is 25.9 Å². The van der Waals surface area contributed by atoms with Crippen molar-refractivity contribution in [1.82, 2.24) is 0 Å². The van der Waals surface area contributed by atoms with Crippen LogP contribution in [0.5, 0.6) is 5.75 Å². The Bertz CT molecular complexity index is 499. The lowest BCUT2D eigenvalue weighted by molar-refractivity contribution is -0.00270. The van der Waals surface area contributed by atoms with Crippen molar-refractivity contribution in [2.24, 2.45) is 0 Å².